The van der Waals surface area contributed by atoms with Gasteiger partial charge in [0, 0.05) is 30.7 Å². The number of hydrogen-bond acceptors (Lipinski definition) is 6. The molecule has 0 saturated heterocycles. The van der Waals surface area contributed by atoms with Gasteiger partial charge < -0.3 is 15.4 Å². The minimum absolute atomic E-state index is 0.0221. The number of amides is 1. The maximum atomic E-state index is 12.8. The van der Waals surface area contributed by atoms with Gasteiger partial charge in [-0.05, 0) is 47.5 Å². The highest BCUT2D eigenvalue weighted by Gasteiger charge is 2.15. The number of ether oxygens (including phenoxy) is 1. The zero-order chi connectivity index (χ0) is 22.4. The van der Waals surface area contributed by atoms with Gasteiger partial charge in [-0.2, -0.15) is 8.78 Å². The molecule has 2 aromatic heterocycles. The van der Waals surface area contributed by atoms with Gasteiger partial charge in [0.2, 0.25) is 5.28 Å². The molecule has 3 rings (SSSR count). The van der Waals surface area contributed by atoms with Crippen molar-refractivity contribution in [1.82, 2.24) is 20.3 Å². The van der Waals surface area contributed by atoms with Crippen LogP contribution in [0.3, 0.4) is 0 Å². The fourth-order valence-electron chi connectivity index (χ4n) is 2.79. The molecule has 1 amide bonds. The number of carbonyl (C=O) groups is 1. The molecule has 0 aliphatic rings. The van der Waals surface area contributed by atoms with Gasteiger partial charge in [0.1, 0.15) is 11.4 Å². The van der Waals surface area contributed by atoms with E-state index in [2.05, 4.69) is 36.9 Å². The number of nitrogens with one attached hydrogen (secondary N) is 2. The van der Waals surface area contributed by atoms with Crippen LogP contribution in [0.5, 0.6) is 5.75 Å². The second-order valence-electron chi connectivity index (χ2n) is 6.20. The van der Waals surface area contributed by atoms with Gasteiger partial charge in [-0.25, -0.2) is 15.0 Å². The fourth-order valence-corrected chi connectivity index (χ4v) is 2.89. The predicted octanol–water partition coefficient (Wildman–Crippen LogP) is 4.41. The molecule has 2 heterocycles. The maximum Gasteiger partial charge on any atom is 0.387 e. The lowest BCUT2D eigenvalue weighted by Crippen LogP contribution is -2.20. The van der Waals surface area contributed by atoms with Crippen LogP contribution in [0.1, 0.15) is 21.7 Å². The lowest BCUT2D eigenvalue weighted by molar-refractivity contribution is -0.0506. The normalized spacial score (nSPS) is 10.6. The number of benzene rings is 1. The Labute approximate surface area is 182 Å². The third-order valence-electron chi connectivity index (χ3n) is 4.27. The molecular formula is C21H18ClF2N5O2. The van der Waals surface area contributed by atoms with Crippen molar-refractivity contribution in [2.75, 3.05) is 12.4 Å². The number of pyridine rings is 1. The number of nitrogens with zero attached hydrogens (tertiary/aromatic N) is 3. The lowest BCUT2D eigenvalue weighted by Gasteiger charge is -2.15. The Balaban J connectivity index is 1.95. The van der Waals surface area contributed by atoms with Gasteiger partial charge in [0.25, 0.3) is 5.91 Å². The highest BCUT2D eigenvalue weighted by atomic mass is 35.5. The Morgan fingerprint density at radius 2 is 1.97 bits per heavy atom. The van der Waals surface area contributed by atoms with E-state index < -0.39 is 6.61 Å². The van der Waals surface area contributed by atoms with E-state index in [1.807, 2.05) is 0 Å². The summed E-state index contributed by atoms with van der Waals surface area (Å²) in [7, 11) is 1.51. The summed E-state index contributed by atoms with van der Waals surface area (Å²) in [6.07, 6.45) is 4.60. The summed E-state index contributed by atoms with van der Waals surface area (Å²) in [5, 5.41) is 5.76. The van der Waals surface area contributed by atoms with Crippen molar-refractivity contribution in [2.24, 2.45) is 0 Å². The molecule has 3 aromatic rings. The van der Waals surface area contributed by atoms with Crippen LogP contribution in [-0.2, 0) is 6.54 Å². The summed E-state index contributed by atoms with van der Waals surface area (Å²) in [6, 6.07) is 8.02. The summed E-state index contributed by atoms with van der Waals surface area (Å²) < 4.78 is 30.1. The molecule has 1 aromatic carbocycles. The number of aromatic nitrogens is 3. The number of hydrogen-bond donors (Lipinski definition) is 2. The van der Waals surface area contributed by atoms with E-state index in [0.29, 0.717) is 22.5 Å². The van der Waals surface area contributed by atoms with Crippen LogP contribution >= 0.6 is 11.6 Å². The topological polar surface area (TPSA) is 89.0 Å². The molecule has 160 valence electrons. The van der Waals surface area contributed by atoms with E-state index in [0.717, 1.165) is 5.56 Å². The third-order valence-corrected chi connectivity index (χ3v) is 4.47. The molecule has 0 spiro atoms. The SMILES string of the molecule is C=Cc1ccc(OC(F)F)c(CNc2cc(-c3cnc(Cl)nc3)ccc2C(=O)NC)n1. The molecule has 31 heavy (non-hydrogen) atoms. The third kappa shape index (κ3) is 5.52. The first-order valence-electron chi connectivity index (χ1n) is 9.06. The number of halogens is 3. The van der Waals surface area contributed by atoms with E-state index in [9.17, 15) is 13.6 Å². The van der Waals surface area contributed by atoms with Crippen molar-refractivity contribution < 1.29 is 18.3 Å². The second kappa shape index (κ2) is 9.94. The quantitative estimate of drug-likeness (QED) is 0.499. The highest BCUT2D eigenvalue weighted by Crippen LogP contribution is 2.27. The fraction of sp³-hybridized carbons (Fsp3) is 0.143. The van der Waals surface area contributed by atoms with Crippen LogP contribution < -0.4 is 15.4 Å². The van der Waals surface area contributed by atoms with Crippen LogP contribution in [0, 0.1) is 0 Å². The Bertz CT molecular complexity index is 1090. The second-order valence-corrected chi connectivity index (χ2v) is 6.54. The van der Waals surface area contributed by atoms with Crippen LogP contribution in [0.15, 0.2) is 49.3 Å². The van der Waals surface area contributed by atoms with Gasteiger partial charge in [0.15, 0.2) is 0 Å². The van der Waals surface area contributed by atoms with E-state index in [4.69, 9.17) is 11.6 Å². The first-order chi connectivity index (χ1) is 14.9. The summed E-state index contributed by atoms with van der Waals surface area (Å²) in [5.41, 5.74) is 2.96. The Morgan fingerprint density at radius 1 is 1.23 bits per heavy atom. The van der Waals surface area contributed by atoms with E-state index in [-0.39, 0.29) is 29.2 Å². The van der Waals surface area contributed by atoms with Gasteiger partial charge >= 0.3 is 6.61 Å². The highest BCUT2D eigenvalue weighted by molar-refractivity contribution is 6.28. The minimum atomic E-state index is -3.00. The molecule has 0 radical (unpaired) electrons. The summed E-state index contributed by atoms with van der Waals surface area (Å²) in [5.74, 6) is -0.393. The Kier molecular flexibility index (Phi) is 7.09. The average Bonchev–Trinajstić information content (AvgIpc) is 2.78. The van der Waals surface area contributed by atoms with Gasteiger partial charge in [-0.3, -0.25) is 4.79 Å². The summed E-state index contributed by atoms with van der Waals surface area (Å²) in [4.78, 5) is 24.5. The van der Waals surface area contributed by atoms with Crippen molar-refractivity contribution in [1.29, 1.82) is 0 Å². The molecule has 0 fully saturated rings. The molecule has 0 saturated carbocycles. The predicted molar refractivity (Wildman–Crippen MR) is 114 cm³/mol. The molecule has 0 aliphatic heterocycles. The van der Waals surface area contributed by atoms with E-state index in [1.165, 1.54) is 25.3 Å². The molecule has 0 aliphatic carbocycles. The minimum Gasteiger partial charge on any atom is -0.433 e. The molecule has 0 bridgehead atoms. The molecule has 0 atom stereocenters. The number of anilines is 1. The van der Waals surface area contributed by atoms with Crippen LogP contribution in [-0.4, -0.2) is 34.5 Å². The molecule has 7 nitrogen and oxygen atoms in total. The van der Waals surface area contributed by atoms with Gasteiger partial charge in [-0.1, -0.05) is 12.6 Å². The monoisotopic (exact) mass is 445 g/mol. The van der Waals surface area contributed by atoms with Gasteiger partial charge in [0.05, 0.1) is 17.8 Å². The van der Waals surface area contributed by atoms with Crippen molar-refractivity contribution in [2.45, 2.75) is 13.2 Å². The van der Waals surface area contributed by atoms with Crippen LogP contribution in [0.2, 0.25) is 5.28 Å². The molecule has 10 heteroatoms. The van der Waals surface area contributed by atoms with Gasteiger partial charge in [-0.15, -0.1) is 0 Å². The Hall–Kier alpha value is -3.59. The van der Waals surface area contributed by atoms with Crippen molar-refractivity contribution in [3.63, 3.8) is 0 Å². The van der Waals surface area contributed by atoms with E-state index >= 15 is 0 Å². The standard InChI is InChI=1S/C21H18ClF2N5O2/c1-3-14-5-7-18(31-21(23)24)17(29-14)11-26-16-8-12(4-6-15(16)19(30)25-2)13-9-27-20(22)28-10-13/h3-10,21,26H,1,11H2,2H3,(H,25,30). The van der Waals surface area contributed by atoms with Crippen LogP contribution in [0.25, 0.3) is 17.2 Å². The van der Waals surface area contributed by atoms with E-state index in [1.54, 1.807) is 30.6 Å². The van der Waals surface area contributed by atoms with Crippen molar-refractivity contribution >= 4 is 29.3 Å². The molecule has 0 unspecified atom stereocenters. The first-order valence-corrected chi connectivity index (χ1v) is 9.44. The Morgan fingerprint density at radius 3 is 2.61 bits per heavy atom. The first kappa shape index (κ1) is 22.1. The van der Waals surface area contributed by atoms with Crippen molar-refractivity contribution in [3.8, 4) is 16.9 Å². The number of carbonyl (C=O) groups excluding carboxylic acids is 1. The zero-order valence-corrected chi connectivity index (χ0v) is 17.2. The zero-order valence-electron chi connectivity index (χ0n) is 16.4. The summed E-state index contributed by atoms with van der Waals surface area (Å²) >= 11 is 5.74. The lowest BCUT2D eigenvalue weighted by atomic mass is 10.0. The molecule has 2 N–H and O–H groups in total. The number of rotatable bonds is 8. The van der Waals surface area contributed by atoms with Crippen LogP contribution in [0.4, 0.5) is 14.5 Å². The smallest absolute Gasteiger partial charge is 0.387 e. The van der Waals surface area contributed by atoms with Crippen molar-refractivity contribution in [3.05, 3.63) is 71.5 Å². The maximum absolute atomic E-state index is 12.8. The molecular weight excluding hydrogens is 428 g/mol. The summed E-state index contributed by atoms with van der Waals surface area (Å²) in [6.45, 7) is 0.661. The largest absolute Gasteiger partial charge is 0.433 e. The number of alkyl halides is 2. The average molecular weight is 446 g/mol.